The molecule has 1 atom stereocenters. The maximum absolute atomic E-state index is 9.64. The zero-order chi connectivity index (χ0) is 18.1. The number of nitrogens with two attached hydrogens (primary N) is 1. The number of aryl methyl sites for hydroxylation is 1. The summed E-state index contributed by atoms with van der Waals surface area (Å²) in [5.74, 6) is 1.28. The summed E-state index contributed by atoms with van der Waals surface area (Å²) < 4.78 is 21.8. The third-order valence-electron chi connectivity index (χ3n) is 4.18. The van der Waals surface area contributed by atoms with Crippen LogP contribution in [-0.2, 0) is 0 Å². The number of methoxy groups -OCH3 is 3. The van der Waals surface area contributed by atoms with Gasteiger partial charge in [-0.1, -0.05) is 6.07 Å². The van der Waals surface area contributed by atoms with E-state index in [1.54, 1.807) is 13.2 Å². The van der Waals surface area contributed by atoms with Crippen LogP contribution >= 0.6 is 0 Å². The van der Waals surface area contributed by atoms with E-state index in [1.165, 1.54) is 14.2 Å². The van der Waals surface area contributed by atoms with Crippen molar-refractivity contribution in [3.05, 3.63) is 40.4 Å². The van der Waals surface area contributed by atoms with Gasteiger partial charge >= 0.3 is 0 Å². The molecule has 25 heavy (non-hydrogen) atoms. The summed E-state index contributed by atoms with van der Waals surface area (Å²) in [4.78, 5) is 0. The van der Waals surface area contributed by atoms with Gasteiger partial charge < -0.3 is 24.7 Å². The Bertz CT molecular complexity index is 895. The predicted molar refractivity (Wildman–Crippen MR) is 88.7 cm³/mol. The van der Waals surface area contributed by atoms with Crippen molar-refractivity contribution in [1.82, 2.24) is 10.2 Å². The zero-order valence-corrected chi connectivity index (χ0v) is 14.3. The Morgan fingerprint density at radius 3 is 2.52 bits per heavy atom. The molecular formula is C17H18N4O4. The van der Waals surface area contributed by atoms with E-state index in [9.17, 15) is 5.26 Å². The summed E-state index contributed by atoms with van der Waals surface area (Å²) in [7, 11) is 4.60. The summed E-state index contributed by atoms with van der Waals surface area (Å²) in [5.41, 5.74) is 8.43. The Labute approximate surface area is 144 Å². The van der Waals surface area contributed by atoms with Crippen molar-refractivity contribution in [1.29, 1.82) is 5.26 Å². The van der Waals surface area contributed by atoms with Gasteiger partial charge in [-0.15, -0.1) is 5.10 Å². The topological polar surface area (TPSA) is 115 Å². The van der Waals surface area contributed by atoms with Crippen LogP contribution in [0.1, 0.15) is 22.7 Å². The number of hydrogen-bond acceptors (Lipinski definition) is 7. The molecule has 0 spiro atoms. The third-order valence-corrected chi connectivity index (χ3v) is 4.18. The molecule has 8 heteroatoms. The van der Waals surface area contributed by atoms with E-state index in [0.717, 1.165) is 11.3 Å². The second-order valence-corrected chi connectivity index (χ2v) is 5.42. The molecule has 1 aromatic carbocycles. The Kier molecular flexibility index (Phi) is 4.15. The maximum Gasteiger partial charge on any atom is 0.244 e. The highest BCUT2D eigenvalue weighted by Crippen LogP contribution is 2.49. The second kappa shape index (κ2) is 6.28. The normalized spacial score (nSPS) is 15.9. The molecule has 2 heterocycles. The molecule has 0 saturated heterocycles. The largest absolute Gasteiger partial charge is 0.493 e. The molecule has 0 aliphatic carbocycles. The first-order valence-electron chi connectivity index (χ1n) is 7.48. The molecule has 0 fully saturated rings. The lowest BCUT2D eigenvalue weighted by molar-refractivity contribution is 0.321. The SMILES string of the molecule is COc1ccc([C@@H]2C(C#N)=C(N)Oc3n[nH]c(C)c32)c(OC)c1OC. The molecule has 1 aromatic heterocycles. The molecule has 3 N–H and O–H groups in total. The van der Waals surface area contributed by atoms with E-state index in [-0.39, 0.29) is 11.5 Å². The van der Waals surface area contributed by atoms with Gasteiger partial charge in [-0.05, 0) is 13.0 Å². The van der Waals surface area contributed by atoms with Gasteiger partial charge in [0.15, 0.2) is 11.5 Å². The van der Waals surface area contributed by atoms with Crippen molar-refractivity contribution in [3.63, 3.8) is 0 Å². The van der Waals surface area contributed by atoms with Gasteiger partial charge in [0, 0.05) is 16.8 Å². The van der Waals surface area contributed by atoms with Crippen molar-refractivity contribution in [2.45, 2.75) is 12.8 Å². The zero-order valence-electron chi connectivity index (χ0n) is 14.3. The number of nitriles is 1. The fourth-order valence-corrected chi connectivity index (χ4v) is 3.06. The van der Waals surface area contributed by atoms with E-state index in [2.05, 4.69) is 16.3 Å². The van der Waals surface area contributed by atoms with Crippen LogP contribution in [-0.4, -0.2) is 31.5 Å². The number of H-pyrrole nitrogens is 1. The van der Waals surface area contributed by atoms with E-state index in [0.29, 0.717) is 28.7 Å². The molecule has 1 aliphatic heterocycles. The average molecular weight is 342 g/mol. The van der Waals surface area contributed by atoms with Crippen LogP contribution in [0.25, 0.3) is 0 Å². The van der Waals surface area contributed by atoms with Gasteiger partial charge in [-0.3, -0.25) is 5.10 Å². The third kappa shape index (κ3) is 2.41. The number of aromatic amines is 1. The molecule has 0 bridgehead atoms. The fraction of sp³-hybridized carbons (Fsp3) is 0.294. The minimum Gasteiger partial charge on any atom is -0.493 e. The Hall–Kier alpha value is -3.34. The van der Waals surface area contributed by atoms with Gasteiger partial charge in [0.2, 0.25) is 17.5 Å². The van der Waals surface area contributed by atoms with Gasteiger partial charge in [-0.2, -0.15) is 5.26 Å². The van der Waals surface area contributed by atoms with Crippen LogP contribution in [0.2, 0.25) is 0 Å². The van der Waals surface area contributed by atoms with Crippen LogP contribution in [0.3, 0.4) is 0 Å². The number of allylic oxidation sites excluding steroid dienone is 1. The van der Waals surface area contributed by atoms with Crippen LogP contribution in [0.5, 0.6) is 23.1 Å². The first-order valence-corrected chi connectivity index (χ1v) is 7.48. The molecule has 0 radical (unpaired) electrons. The lowest BCUT2D eigenvalue weighted by Gasteiger charge is -2.26. The standard InChI is InChI=1S/C17H18N4O4/c1-8-12-13(10(7-18)16(19)25-17(12)21-20-8)9-5-6-11(22-2)15(24-4)14(9)23-3/h5-6,13H,19H2,1-4H3,(H,20,21)/t13-/m1/s1. The highest BCUT2D eigenvalue weighted by molar-refractivity contribution is 5.64. The van der Waals surface area contributed by atoms with E-state index < -0.39 is 5.92 Å². The summed E-state index contributed by atoms with van der Waals surface area (Å²) in [6.45, 7) is 1.85. The number of aromatic nitrogens is 2. The van der Waals surface area contributed by atoms with Crippen LogP contribution in [0, 0.1) is 18.3 Å². The molecule has 8 nitrogen and oxygen atoms in total. The highest BCUT2D eigenvalue weighted by Gasteiger charge is 2.37. The van der Waals surface area contributed by atoms with Gasteiger partial charge in [0.05, 0.1) is 27.2 Å². The number of rotatable bonds is 4. The summed E-state index contributed by atoms with van der Waals surface area (Å²) >= 11 is 0. The minimum absolute atomic E-state index is 0.0170. The molecule has 0 amide bonds. The predicted octanol–water partition coefficient (Wildman–Crippen LogP) is 1.96. The molecule has 0 saturated carbocycles. The summed E-state index contributed by atoms with van der Waals surface area (Å²) in [6, 6.07) is 5.71. The number of nitrogens with one attached hydrogen (secondary N) is 1. The van der Waals surface area contributed by atoms with E-state index in [1.807, 2.05) is 13.0 Å². The summed E-state index contributed by atoms with van der Waals surface area (Å²) in [5, 5.41) is 16.6. The lowest BCUT2D eigenvalue weighted by Crippen LogP contribution is -2.21. The number of fused-ring (bicyclic) bond motifs is 1. The summed E-state index contributed by atoms with van der Waals surface area (Å²) in [6.07, 6.45) is 0. The molecule has 3 rings (SSSR count). The van der Waals surface area contributed by atoms with Crippen LogP contribution in [0.15, 0.2) is 23.6 Å². The van der Waals surface area contributed by atoms with Crippen molar-refractivity contribution in [3.8, 4) is 29.2 Å². The minimum atomic E-state index is -0.498. The lowest BCUT2D eigenvalue weighted by atomic mass is 9.83. The first kappa shape index (κ1) is 16.5. The van der Waals surface area contributed by atoms with Gasteiger partial charge in [0.25, 0.3) is 0 Å². The van der Waals surface area contributed by atoms with Crippen molar-refractivity contribution < 1.29 is 18.9 Å². The van der Waals surface area contributed by atoms with Crippen molar-refractivity contribution in [2.75, 3.05) is 21.3 Å². The van der Waals surface area contributed by atoms with Crippen LogP contribution < -0.4 is 24.7 Å². The Morgan fingerprint density at radius 1 is 1.20 bits per heavy atom. The molecule has 2 aromatic rings. The average Bonchev–Trinajstić information content (AvgIpc) is 2.99. The highest BCUT2D eigenvalue weighted by atomic mass is 16.5. The maximum atomic E-state index is 9.64. The van der Waals surface area contributed by atoms with Crippen molar-refractivity contribution in [2.24, 2.45) is 5.73 Å². The fourth-order valence-electron chi connectivity index (χ4n) is 3.06. The van der Waals surface area contributed by atoms with Crippen LogP contribution in [0.4, 0.5) is 0 Å². The van der Waals surface area contributed by atoms with E-state index in [4.69, 9.17) is 24.7 Å². The Balaban J connectivity index is 2.31. The number of nitrogens with zero attached hydrogens (tertiary/aromatic N) is 2. The molecule has 1 aliphatic rings. The second-order valence-electron chi connectivity index (χ2n) is 5.42. The molecule has 0 unspecified atom stereocenters. The Morgan fingerprint density at radius 2 is 1.92 bits per heavy atom. The molecule has 130 valence electrons. The smallest absolute Gasteiger partial charge is 0.244 e. The van der Waals surface area contributed by atoms with Gasteiger partial charge in [0.1, 0.15) is 11.6 Å². The van der Waals surface area contributed by atoms with Crippen molar-refractivity contribution >= 4 is 0 Å². The number of hydrogen-bond donors (Lipinski definition) is 2. The first-order chi connectivity index (χ1) is 12.1. The quantitative estimate of drug-likeness (QED) is 0.872. The van der Waals surface area contributed by atoms with E-state index >= 15 is 0 Å². The monoisotopic (exact) mass is 342 g/mol. The number of ether oxygens (including phenoxy) is 4. The van der Waals surface area contributed by atoms with Gasteiger partial charge in [-0.25, -0.2) is 0 Å². The number of benzene rings is 1. The molecular weight excluding hydrogens is 324 g/mol.